The Bertz CT molecular complexity index is 376. The smallest absolute Gasteiger partial charge is 0.161 e. The molecule has 0 spiro atoms. The Morgan fingerprint density at radius 2 is 2.00 bits per heavy atom. The largest absolute Gasteiger partial charge is 0.294 e. The van der Waals surface area contributed by atoms with Gasteiger partial charge in [0, 0.05) is 5.92 Å². The third-order valence-electron chi connectivity index (χ3n) is 2.99. The Kier molecular flexibility index (Phi) is 3.00. The average Bonchev–Trinajstić information content (AvgIpc) is 2.26. The fourth-order valence-electron chi connectivity index (χ4n) is 2.06. The van der Waals surface area contributed by atoms with Crippen LogP contribution >= 0.6 is 0 Å². The summed E-state index contributed by atoms with van der Waals surface area (Å²) in [5, 5.41) is 0. The van der Waals surface area contributed by atoms with Gasteiger partial charge in [-0.1, -0.05) is 37.3 Å². The second kappa shape index (κ2) is 4.43. The second-order valence-electron chi connectivity index (χ2n) is 4.24. The van der Waals surface area contributed by atoms with E-state index in [4.69, 9.17) is 0 Å². The third kappa shape index (κ3) is 2.35. The summed E-state index contributed by atoms with van der Waals surface area (Å²) in [7, 11) is 0. The maximum atomic E-state index is 11.9. The highest BCUT2D eigenvalue weighted by molar-refractivity contribution is 6.01. The van der Waals surface area contributed by atoms with Crippen molar-refractivity contribution in [1.29, 1.82) is 0 Å². The highest BCUT2D eigenvalue weighted by atomic mass is 16.1. The fraction of sp³-hybridized carbons (Fsp3) is 0.357. The van der Waals surface area contributed by atoms with Gasteiger partial charge in [0.05, 0.1) is 0 Å². The van der Waals surface area contributed by atoms with Crippen LogP contribution < -0.4 is 0 Å². The number of benzene rings is 1. The molecule has 1 aliphatic rings. The van der Waals surface area contributed by atoms with E-state index in [0.717, 1.165) is 30.4 Å². The van der Waals surface area contributed by atoms with E-state index < -0.39 is 0 Å². The van der Waals surface area contributed by atoms with Crippen molar-refractivity contribution in [3.63, 3.8) is 0 Å². The molecule has 0 aromatic heterocycles. The summed E-state index contributed by atoms with van der Waals surface area (Å²) >= 11 is 0. The number of carbonyl (C=O) groups is 1. The van der Waals surface area contributed by atoms with Crippen molar-refractivity contribution in [2.45, 2.75) is 26.2 Å². The lowest BCUT2D eigenvalue weighted by Crippen LogP contribution is -2.18. The van der Waals surface area contributed by atoms with E-state index in [-0.39, 0.29) is 5.92 Å². The second-order valence-corrected chi connectivity index (χ2v) is 4.24. The normalized spacial score (nSPS) is 24.5. The minimum absolute atomic E-state index is 0.216. The Labute approximate surface area is 90.8 Å². The Hall–Kier alpha value is -1.37. The summed E-state index contributed by atoms with van der Waals surface area (Å²) in [6.45, 7) is 2.03. The van der Waals surface area contributed by atoms with E-state index in [9.17, 15) is 4.79 Å². The topological polar surface area (TPSA) is 17.1 Å². The van der Waals surface area contributed by atoms with Crippen LogP contribution in [0.3, 0.4) is 0 Å². The zero-order valence-electron chi connectivity index (χ0n) is 9.07. The van der Waals surface area contributed by atoms with Crippen molar-refractivity contribution in [3.05, 3.63) is 41.5 Å². The molecule has 0 N–H and O–H groups in total. The maximum absolute atomic E-state index is 11.9. The number of carbonyl (C=O) groups excluding carboxylic acids is 1. The van der Waals surface area contributed by atoms with Gasteiger partial charge >= 0.3 is 0 Å². The van der Waals surface area contributed by atoms with Crippen molar-refractivity contribution in [2.24, 2.45) is 5.92 Å². The first-order valence-electron chi connectivity index (χ1n) is 5.57. The summed E-state index contributed by atoms with van der Waals surface area (Å²) in [4.78, 5) is 11.9. The monoisotopic (exact) mass is 200 g/mol. The van der Waals surface area contributed by atoms with Gasteiger partial charge in [0.15, 0.2) is 5.78 Å². The van der Waals surface area contributed by atoms with Gasteiger partial charge in [-0.15, -0.1) is 0 Å². The van der Waals surface area contributed by atoms with Crippen molar-refractivity contribution < 1.29 is 4.79 Å². The fourth-order valence-corrected chi connectivity index (χ4v) is 2.06. The van der Waals surface area contributed by atoms with Crippen molar-refractivity contribution in [1.82, 2.24) is 0 Å². The maximum Gasteiger partial charge on any atom is 0.161 e. The predicted octanol–water partition coefficient (Wildman–Crippen LogP) is 3.46. The summed E-state index contributed by atoms with van der Waals surface area (Å²) in [6, 6.07) is 10.1. The summed E-state index contributed by atoms with van der Waals surface area (Å²) in [5.41, 5.74) is 2.13. The van der Waals surface area contributed by atoms with E-state index >= 15 is 0 Å². The number of hydrogen-bond acceptors (Lipinski definition) is 1. The third-order valence-corrected chi connectivity index (χ3v) is 2.99. The molecular weight excluding hydrogens is 184 g/mol. The highest BCUT2D eigenvalue weighted by Crippen LogP contribution is 2.26. The first-order valence-corrected chi connectivity index (χ1v) is 5.57. The quantitative estimate of drug-likeness (QED) is 0.634. The first kappa shape index (κ1) is 10.2. The lowest BCUT2D eigenvalue weighted by Gasteiger charge is -2.19. The molecule has 0 saturated heterocycles. The van der Waals surface area contributed by atoms with Crippen LogP contribution in [0.2, 0.25) is 0 Å². The zero-order valence-corrected chi connectivity index (χ0v) is 9.07. The molecule has 1 nitrogen and oxygen atoms in total. The van der Waals surface area contributed by atoms with Crippen LogP contribution in [0.15, 0.2) is 35.9 Å². The van der Waals surface area contributed by atoms with E-state index in [1.165, 1.54) is 0 Å². The summed E-state index contributed by atoms with van der Waals surface area (Å²) in [6.07, 6.45) is 5.17. The first-order chi connectivity index (χ1) is 7.27. The molecule has 0 radical (unpaired) electrons. The van der Waals surface area contributed by atoms with Gasteiger partial charge in [-0.3, -0.25) is 4.79 Å². The number of allylic oxidation sites excluding steroid dienone is 1. The van der Waals surface area contributed by atoms with E-state index in [1.807, 2.05) is 43.3 Å². The minimum Gasteiger partial charge on any atom is -0.294 e. The van der Waals surface area contributed by atoms with Gasteiger partial charge in [0.1, 0.15) is 0 Å². The molecule has 1 aromatic carbocycles. The lowest BCUT2D eigenvalue weighted by atomic mass is 9.84. The molecule has 1 atom stereocenters. The van der Waals surface area contributed by atoms with Crippen molar-refractivity contribution in [3.8, 4) is 0 Å². The van der Waals surface area contributed by atoms with Gasteiger partial charge in [0.2, 0.25) is 0 Å². The average molecular weight is 200 g/mol. The molecule has 0 bridgehead atoms. The van der Waals surface area contributed by atoms with Gasteiger partial charge in [-0.2, -0.15) is 0 Å². The van der Waals surface area contributed by atoms with Crippen LogP contribution in [0.5, 0.6) is 0 Å². The van der Waals surface area contributed by atoms with Crippen molar-refractivity contribution >= 4 is 11.9 Å². The van der Waals surface area contributed by atoms with Crippen LogP contribution in [-0.2, 0) is 4.79 Å². The highest BCUT2D eigenvalue weighted by Gasteiger charge is 2.21. The number of hydrogen-bond donors (Lipinski definition) is 0. The molecule has 0 heterocycles. The minimum atomic E-state index is 0.216. The molecule has 0 amide bonds. The molecule has 1 heteroatoms. The molecule has 1 aliphatic carbocycles. The molecule has 78 valence electrons. The van der Waals surface area contributed by atoms with Crippen LogP contribution in [-0.4, -0.2) is 5.78 Å². The lowest BCUT2D eigenvalue weighted by molar-refractivity contribution is -0.119. The van der Waals surface area contributed by atoms with E-state index in [2.05, 4.69) is 0 Å². The Morgan fingerprint density at radius 3 is 2.73 bits per heavy atom. The summed E-state index contributed by atoms with van der Waals surface area (Å²) < 4.78 is 0. The van der Waals surface area contributed by atoms with Gasteiger partial charge in [0.25, 0.3) is 0 Å². The summed E-state index contributed by atoms with van der Waals surface area (Å²) in [5.74, 6) is 0.554. The number of ketones is 1. The molecule has 1 unspecified atom stereocenters. The number of rotatable bonds is 1. The molecule has 1 fully saturated rings. The predicted molar refractivity (Wildman–Crippen MR) is 62.4 cm³/mol. The van der Waals surface area contributed by atoms with Gasteiger partial charge in [-0.05, 0) is 36.5 Å². The molecule has 1 saturated carbocycles. The number of Topliss-reactive ketones (excluding diaryl/α,β-unsaturated/α-hetero) is 1. The Balaban J connectivity index is 2.23. The molecular formula is C14H16O. The van der Waals surface area contributed by atoms with E-state index in [0.29, 0.717) is 5.78 Å². The zero-order chi connectivity index (χ0) is 10.7. The van der Waals surface area contributed by atoms with Gasteiger partial charge in [-0.25, -0.2) is 0 Å². The SMILES string of the molecule is CC1CCC/C(=C\c2ccccc2)C1=O. The standard InChI is InChI=1S/C14H16O/c1-11-6-5-9-13(14(11)15)10-12-7-3-2-4-8-12/h2-4,7-8,10-11H,5-6,9H2,1H3/b13-10+. The molecule has 0 aliphatic heterocycles. The van der Waals surface area contributed by atoms with Crippen molar-refractivity contribution in [2.75, 3.05) is 0 Å². The molecule has 2 rings (SSSR count). The molecule has 15 heavy (non-hydrogen) atoms. The van der Waals surface area contributed by atoms with Crippen LogP contribution in [0.25, 0.3) is 6.08 Å². The Morgan fingerprint density at radius 1 is 1.27 bits per heavy atom. The van der Waals surface area contributed by atoms with Crippen LogP contribution in [0, 0.1) is 5.92 Å². The molecule has 1 aromatic rings. The van der Waals surface area contributed by atoms with Crippen LogP contribution in [0.1, 0.15) is 31.7 Å². The van der Waals surface area contributed by atoms with Gasteiger partial charge < -0.3 is 0 Å². The van der Waals surface area contributed by atoms with E-state index in [1.54, 1.807) is 0 Å². The van der Waals surface area contributed by atoms with Crippen LogP contribution in [0.4, 0.5) is 0 Å².